The van der Waals surface area contributed by atoms with Crippen molar-refractivity contribution in [3.8, 4) is 23.0 Å². The van der Waals surface area contributed by atoms with E-state index in [-0.39, 0.29) is 0 Å². The van der Waals surface area contributed by atoms with Crippen molar-refractivity contribution >= 4 is 0 Å². The zero-order chi connectivity index (χ0) is 19.4. The topological polar surface area (TPSA) is 36.9 Å². The molecule has 0 spiro atoms. The van der Waals surface area contributed by atoms with Crippen molar-refractivity contribution in [1.29, 1.82) is 0 Å². The molecule has 0 fully saturated rings. The minimum Gasteiger partial charge on any atom is -0.448 e. The Morgan fingerprint density at radius 1 is 0.630 bits per heavy atom. The molecule has 0 N–H and O–H groups in total. The van der Waals surface area contributed by atoms with Crippen LogP contribution < -0.4 is 18.9 Å². The molecule has 27 heavy (non-hydrogen) atoms. The first-order chi connectivity index (χ1) is 12.7. The average Bonchev–Trinajstić information content (AvgIpc) is 3.06. The highest BCUT2D eigenvalue weighted by atomic mass is 16.8. The van der Waals surface area contributed by atoms with Crippen LogP contribution in [-0.4, -0.2) is 11.6 Å². The molecule has 2 aliphatic heterocycles. The van der Waals surface area contributed by atoms with E-state index in [0.29, 0.717) is 6.42 Å². The monoisotopic (exact) mass is 368 g/mol. The van der Waals surface area contributed by atoms with Crippen molar-refractivity contribution in [3.05, 3.63) is 46.5 Å². The molecule has 4 rings (SSSR count). The number of benzene rings is 2. The minimum atomic E-state index is -0.833. The van der Waals surface area contributed by atoms with Crippen LogP contribution in [-0.2, 0) is 12.8 Å². The molecule has 2 aromatic rings. The van der Waals surface area contributed by atoms with Crippen LogP contribution in [0.4, 0.5) is 0 Å². The number of hydrogen-bond donors (Lipinski definition) is 0. The summed E-state index contributed by atoms with van der Waals surface area (Å²) < 4.78 is 24.8. The van der Waals surface area contributed by atoms with E-state index in [1.165, 1.54) is 22.3 Å². The summed E-state index contributed by atoms with van der Waals surface area (Å²) >= 11 is 0. The Morgan fingerprint density at radius 2 is 0.963 bits per heavy atom. The Balaban J connectivity index is 1.55. The van der Waals surface area contributed by atoms with Gasteiger partial charge in [0.05, 0.1) is 0 Å². The van der Waals surface area contributed by atoms with Crippen LogP contribution in [0.15, 0.2) is 24.3 Å². The molecule has 0 aliphatic carbocycles. The SMILES string of the molecule is CCc1cc2c(cc1C)OC(C)(CC1(C)Oc3cc(C)c(CC)cc3O1)O2. The lowest BCUT2D eigenvalue weighted by Gasteiger charge is -2.31. The molecule has 2 unspecified atom stereocenters. The smallest absolute Gasteiger partial charge is 0.256 e. The van der Waals surface area contributed by atoms with E-state index in [9.17, 15) is 0 Å². The van der Waals surface area contributed by atoms with E-state index < -0.39 is 11.6 Å². The molecular weight excluding hydrogens is 340 g/mol. The molecule has 2 heterocycles. The maximum Gasteiger partial charge on any atom is 0.256 e. The van der Waals surface area contributed by atoms with E-state index in [1.807, 2.05) is 13.8 Å². The summed E-state index contributed by atoms with van der Waals surface area (Å²) in [5, 5.41) is 0. The fourth-order valence-corrected chi connectivity index (χ4v) is 4.19. The van der Waals surface area contributed by atoms with Crippen LogP contribution in [0.2, 0.25) is 0 Å². The zero-order valence-electron chi connectivity index (χ0n) is 17.1. The second kappa shape index (κ2) is 6.08. The van der Waals surface area contributed by atoms with E-state index in [1.54, 1.807) is 0 Å². The number of aryl methyl sites for hydroxylation is 4. The first-order valence-corrected chi connectivity index (χ1v) is 9.77. The normalized spacial score (nSPS) is 25.1. The van der Waals surface area contributed by atoms with Gasteiger partial charge in [-0.1, -0.05) is 13.8 Å². The largest absolute Gasteiger partial charge is 0.448 e. The third-order valence-electron chi connectivity index (χ3n) is 5.51. The summed E-state index contributed by atoms with van der Waals surface area (Å²) in [4.78, 5) is 0. The van der Waals surface area contributed by atoms with Gasteiger partial charge in [0, 0.05) is 13.8 Å². The van der Waals surface area contributed by atoms with E-state index in [2.05, 4.69) is 52.0 Å². The van der Waals surface area contributed by atoms with Gasteiger partial charge in [0.25, 0.3) is 11.6 Å². The molecule has 2 aromatic carbocycles. The zero-order valence-corrected chi connectivity index (χ0v) is 17.1. The molecule has 0 radical (unpaired) electrons. The summed E-state index contributed by atoms with van der Waals surface area (Å²) in [6, 6.07) is 8.29. The highest BCUT2D eigenvalue weighted by Crippen LogP contribution is 2.48. The molecule has 0 saturated carbocycles. The molecule has 0 amide bonds. The molecular formula is C23H28O4. The second-order valence-electron chi connectivity index (χ2n) is 8.01. The first kappa shape index (κ1) is 18.0. The van der Waals surface area contributed by atoms with Gasteiger partial charge in [0.2, 0.25) is 0 Å². The Labute approximate surface area is 161 Å². The van der Waals surface area contributed by atoms with Crippen LogP contribution in [0.5, 0.6) is 23.0 Å². The van der Waals surface area contributed by atoms with Crippen molar-refractivity contribution in [3.63, 3.8) is 0 Å². The lowest BCUT2D eigenvalue weighted by molar-refractivity contribution is -0.162. The summed E-state index contributed by atoms with van der Waals surface area (Å²) in [5.74, 6) is 1.50. The highest BCUT2D eigenvalue weighted by molar-refractivity contribution is 5.51. The summed E-state index contributed by atoms with van der Waals surface area (Å²) in [6.45, 7) is 12.4. The van der Waals surface area contributed by atoms with Crippen LogP contribution in [0.25, 0.3) is 0 Å². The molecule has 4 nitrogen and oxygen atoms in total. The van der Waals surface area contributed by atoms with Crippen molar-refractivity contribution in [2.24, 2.45) is 0 Å². The first-order valence-electron chi connectivity index (χ1n) is 9.77. The van der Waals surface area contributed by atoms with Gasteiger partial charge >= 0.3 is 0 Å². The number of rotatable bonds is 4. The standard InChI is InChI=1S/C23H28O4/c1-7-16-11-20-18(9-14(16)3)24-22(5,26-20)13-23(6)25-19-10-15(4)17(8-2)12-21(19)27-23/h9-12H,7-8,13H2,1-6H3. The lowest BCUT2D eigenvalue weighted by atomic mass is 10.1. The second-order valence-corrected chi connectivity index (χ2v) is 8.01. The van der Waals surface area contributed by atoms with E-state index in [4.69, 9.17) is 18.9 Å². The molecule has 144 valence electrons. The van der Waals surface area contributed by atoms with Crippen molar-refractivity contribution < 1.29 is 18.9 Å². The Bertz CT molecular complexity index is 830. The predicted molar refractivity (Wildman–Crippen MR) is 105 cm³/mol. The maximum absolute atomic E-state index is 6.20. The molecule has 0 saturated heterocycles. The van der Waals surface area contributed by atoms with Crippen LogP contribution >= 0.6 is 0 Å². The molecule has 0 aromatic heterocycles. The van der Waals surface area contributed by atoms with Crippen molar-refractivity contribution in [2.45, 2.75) is 72.4 Å². The number of ether oxygens (including phenoxy) is 4. The van der Waals surface area contributed by atoms with Crippen LogP contribution in [0.1, 0.15) is 56.4 Å². The van der Waals surface area contributed by atoms with Gasteiger partial charge in [0.15, 0.2) is 23.0 Å². The quantitative estimate of drug-likeness (QED) is 0.715. The Kier molecular flexibility index (Phi) is 4.06. The van der Waals surface area contributed by atoms with Gasteiger partial charge in [-0.2, -0.15) is 0 Å². The highest BCUT2D eigenvalue weighted by Gasteiger charge is 2.49. The van der Waals surface area contributed by atoms with Crippen LogP contribution in [0, 0.1) is 13.8 Å². The lowest BCUT2D eigenvalue weighted by Crippen LogP contribution is -2.47. The van der Waals surface area contributed by atoms with E-state index in [0.717, 1.165) is 35.8 Å². The Hall–Kier alpha value is -2.36. The van der Waals surface area contributed by atoms with Gasteiger partial charge in [-0.05, 0) is 73.2 Å². The summed E-state index contributed by atoms with van der Waals surface area (Å²) in [5.41, 5.74) is 4.99. The summed E-state index contributed by atoms with van der Waals surface area (Å²) in [7, 11) is 0. The molecule has 0 bridgehead atoms. The summed E-state index contributed by atoms with van der Waals surface area (Å²) in [6.07, 6.45) is 2.39. The third kappa shape index (κ3) is 3.11. The molecule has 2 atom stereocenters. The van der Waals surface area contributed by atoms with Crippen LogP contribution in [0.3, 0.4) is 0 Å². The third-order valence-corrected chi connectivity index (χ3v) is 5.51. The van der Waals surface area contributed by atoms with Crippen molar-refractivity contribution in [1.82, 2.24) is 0 Å². The van der Waals surface area contributed by atoms with Gasteiger partial charge in [-0.25, -0.2) is 0 Å². The number of hydrogen-bond acceptors (Lipinski definition) is 4. The molecule has 2 aliphatic rings. The fraction of sp³-hybridized carbons (Fsp3) is 0.478. The fourth-order valence-electron chi connectivity index (χ4n) is 4.19. The Morgan fingerprint density at radius 3 is 1.30 bits per heavy atom. The van der Waals surface area contributed by atoms with Crippen molar-refractivity contribution in [2.75, 3.05) is 0 Å². The van der Waals surface area contributed by atoms with Gasteiger partial charge in [0.1, 0.15) is 6.42 Å². The van der Waals surface area contributed by atoms with Gasteiger partial charge < -0.3 is 18.9 Å². The minimum absolute atomic E-state index is 0.449. The maximum atomic E-state index is 6.20. The van der Waals surface area contributed by atoms with Gasteiger partial charge in [-0.15, -0.1) is 0 Å². The average molecular weight is 368 g/mol. The predicted octanol–water partition coefficient (Wildman–Crippen LogP) is 5.49. The molecule has 4 heteroatoms. The number of fused-ring (bicyclic) bond motifs is 2. The van der Waals surface area contributed by atoms with Gasteiger partial charge in [-0.3, -0.25) is 0 Å². The van der Waals surface area contributed by atoms with E-state index >= 15 is 0 Å².